The number of ether oxygens (including phenoxy) is 2. The van der Waals surface area contributed by atoms with Crippen LogP contribution in [0, 0.1) is 0 Å². The average molecular weight is 292 g/mol. The van der Waals surface area contributed by atoms with Crippen molar-refractivity contribution in [3.8, 4) is 5.75 Å². The SMILES string of the molecule is CC(C)(C)OC(=O)NN1CCC(Oc2ccccc2)CC1. The molecule has 0 saturated carbocycles. The summed E-state index contributed by atoms with van der Waals surface area (Å²) in [7, 11) is 0. The van der Waals surface area contributed by atoms with Gasteiger partial charge in [0.15, 0.2) is 0 Å². The lowest BCUT2D eigenvalue weighted by Crippen LogP contribution is -2.49. The second-order valence-corrected chi connectivity index (χ2v) is 6.23. The summed E-state index contributed by atoms with van der Waals surface area (Å²) >= 11 is 0. The number of benzene rings is 1. The number of carbonyl (C=O) groups is 1. The lowest BCUT2D eigenvalue weighted by Gasteiger charge is -2.32. The van der Waals surface area contributed by atoms with Crippen molar-refractivity contribution in [3.63, 3.8) is 0 Å². The maximum Gasteiger partial charge on any atom is 0.422 e. The molecule has 1 aliphatic rings. The number of rotatable bonds is 3. The van der Waals surface area contributed by atoms with Crippen molar-refractivity contribution in [2.75, 3.05) is 13.1 Å². The van der Waals surface area contributed by atoms with Gasteiger partial charge in [0.1, 0.15) is 17.5 Å². The summed E-state index contributed by atoms with van der Waals surface area (Å²) in [5.74, 6) is 0.899. The fraction of sp³-hybridized carbons (Fsp3) is 0.562. The van der Waals surface area contributed by atoms with E-state index in [9.17, 15) is 4.79 Å². The molecule has 1 fully saturated rings. The number of hydrogen-bond acceptors (Lipinski definition) is 4. The van der Waals surface area contributed by atoms with Crippen LogP contribution in [-0.2, 0) is 4.74 Å². The molecule has 1 aromatic carbocycles. The highest BCUT2D eigenvalue weighted by molar-refractivity contribution is 5.67. The highest BCUT2D eigenvalue weighted by Gasteiger charge is 2.23. The monoisotopic (exact) mass is 292 g/mol. The third-order valence-electron chi connectivity index (χ3n) is 3.14. The fourth-order valence-corrected chi connectivity index (χ4v) is 2.21. The fourth-order valence-electron chi connectivity index (χ4n) is 2.21. The summed E-state index contributed by atoms with van der Waals surface area (Å²) in [5.41, 5.74) is 2.30. The van der Waals surface area contributed by atoms with Gasteiger partial charge in [-0.05, 0) is 45.7 Å². The molecular weight excluding hydrogens is 268 g/mol. The van der Waals surface area contributed by atoms with E-state index < -0.39 is 11.7 Å². The number of carbonyl (C=O) groups excluding carboxylic acids is 1. The second-order valence-electron chi connectivity index (χ2n) is 6.23. The summed E-state index contributed by atoms with van der Waals surface area (Å²) in [4.78, 5) is 11.7. The molecule has 1 saturated heterocycles. The zero-order chi connectivity index (χ0) is 15.3. The van der Waals surface area contributed by atoms with E-state index in [0.717, 1.165) is 31.7 Å². The van der Waals surface area contributed by atoms with Gasteiger partial charge in [0.05, 0.1) is 0 Å². The maximum atomic E-state index is 11.7. The van der Waals surface area contributed by atoms with Crippen molar-refractivity contribution >= 4 is 6.09 Å². The van der Waals surface area contributed by atoms with Gasteiger partial charge in [-0.15, -0.1) is 0 Å². The minimum absolute atomic E-state index is 0.198. The Bertz CT molecular complexity index is 448. The molecule has 1 aromatic rings. The highest BCUT2D eigenvalue weighted by Crippen LogP contribution is 2.18. The molecule has 0 radical (unpaired) electrons. The summed E-state index contributed by atoms with van der Waals surface area (Å²) in [6, 6.07) is 9.83. The van der Waals surface area contributed by atoms with Crippen LogP contribution in [0.15, 0.2) is 30.3 Å². The van der Waals surface area contributed by atoms with Crippen LogP contribution in [0.4, 0.5) is 4.79 Å². The van der Waals surface area contributed by atoms with Crippen LogP contribution in [0.3, 0.4) is 0 Å². The van der Waals surface area contributed by atoms with Gasteiger partial charge in [-0.2, -0.15) is 0 Å². The molecule has 21 heavy (non-hydrogen) atoms. The van der Waals surface area contributed by atoms with Crippen LogP contribution in [0.5, 0.6) is 5.75 Å². The van der Waals surface area contributed by atoms with E-state index in [4.69, 9.17) is 9.47 Å². The van der Waals surface area contributed by atoms with Crippen LogP contribution < -0.4 is 10.2 Å². The summed E-state index contributed by atoms with van der Waals surface area (Å²) in [6.45, 7) is 7.08. The van der Waals surface area contributed by atoms with Gasteiger partial charge in [0, 0.05) is 13.1 Å². The summed E-state index contributed by atoms with van der Waals surface area (Å²) in [5, 5.41) is 1.89. The first-order chi connectivity index (χ1) is 9.92. The maximum absolute atomic E-state index is 11.7. The van der Waals surface area contributed by atoms with Gasteiger partial charge >= 0.3 is 6.09 Å². The molecule has 1 amide bonds. The number of piperidine rings is 1. The zero-order valence-electron chi connectivity index (χ0n) is 13.0. The number of hydrazine groups is 1. The first-order valence-electron chi connectivity index (χ1n) is 7.39. The van der Waals surface area contributed by atoms with Crippen LogP contribution in [0.2, 0.25) is 0 Å². The topological polar surface area (TPSA) is 50.8 Å². The molecular formula is C16H24N2O3. The second kappa shape index (κ2) is 6.80. The standard InChI is InChI=1S/C16H24N2O3/c1-16(2,3)21-15(19)17-18-11-9-14(10-12-18)20-13-7-5-4-6-8-13/h4-8,14H,9-12H2,1-3H3,(H,17,19). The molecule has 0 aliphatic carbocycles. The Balaban J connectivity index is 1.72. The van der Waals surface area contributed by atoms with E-state index in [1.165, 1.54) is 0 Å². The largest absolute Gasteiger partial charge is 0.490 e. The quantitative estimate of drug-likeness (QED) is 0.930. The van der Waals surface area contributed by atoms with E-state index in [-0.39, 0.29) is 6.10 Å². The number of nitrogens with zero attached hydrogens (tertiary/aromatic N) is 1. The molecule has 1 heterocycles. The lowest BCUT2D eigenvalue weighted by atomic mass is 10.1. The van der Waals surface area contributed by atoms with Crippen LogP contribution in [-0.4, -0.2) is 35.9 Å². The average Bonchev–Trinajstić information content (AvgIpc) is 2.40. The van der Waals surface area contributed by atoms with Crippen molar-refractivity contribution < 1.29 is 14.3 Å². The van der Waals surface area contributed by atoms with E-state index >= 15 is 0 Å². The first-order valence-corrected chi connectivity index (χ1v) is 7.39. The summed E-state index contributed by atoms with van der Waals surface area (Å²) in [6.07, 6.45) is 1.56. The van der Waals surface area contributed by atoms with Gasteiger partial charge < -0.3 is 9.47 Å². The van der Waals surface area contributed by atoms with E-state index in [0.29, 0.717) is 0 Å². The highest BCUT2D eigenvalue weighted by atomic mass is 16.6. The third-order valence-corrected chi connectivity index (χ3v) is 3.14. The molecule has 2 rings (SSSR count). The van der Waals surface area contributed by atoms with Crippen molar-refractivity contribution in [2.45, 2.75) is 45.3 Å². The van der Waals surface area contributed by atoms with Crippen molar-refractivity contribution in [1.82, 2.24) is 10.4 Å². The molecule has 1 N–H and O–H groups in total. The smallest absolute Gasteiger partial charge is 0.422 e. The summed E-state index contributed by atoms with van der Waals surface area (Å²) < 4.78 is 11.2. The van der Waals surface area contributed by atoms with Crippen molar-refractivity contribution in [3.05, 3.63) is 30.3 Å². The lowest BCUT2D eigenvalue weighted by molar-refractivity contribution is 0.0192. The Morgan fingerprint density at radius 1 is 1.19 bits per heavy atom. The zero-order valence-corrected chi connectivity index (χ0v) is 13.0. The van der Waals surface area contributed by atoms with Crippen molar-refractivity contribution in [1.29, 1.82) is 0 Å². The van der Waals surface area contributed by atoms with Gasteiger partial charge in [0.2, 0.25) is 0 Å². The van der Waals surface area contributed by atoms with E-state index in [1.807, 2.05) is 56.1 Å². The minimum Gasteiger partial charge on any atom is -0.490 e. The first kappa shape index (κ1) is 15.6. The van der Waals surface area contributed by atoms with Crippen LogP contribution in [0.1, 0.15) is 33.6 Å². The van der Waals surface area contributed by atoms with Gasteiger partial charge in [-0.25, -0.2) is 9.80 Å². The Hall–Kier alpha value is -1.75. The third kappa shape index (κ3) is 5.63. The minimum atomic E-state index is -0.473. The Labute approximate surface area is 126 Å². The number of para-hydroxylation sites is 1. The van der Waals surface area contributed by atoms with E-state index in [1.54, 1.807) is 0 Å². The van der Waals surface area contributed by atoms with Gasteiger partial charge in [-0.3, -0.25) is 5.43 Å². The molecule has 1 aliphatic heterocycles. The van der Waals surface area contributed by atoms with Crippen LogP contribution in [0.25, 0.3) is 0 Å². The Morgan fingerprint density at radius 3 is 2.38 bits per heavy atom. The molecule has 5 nitrogen and oxygen atoms in total. The normalized spacial score (nSPS) is 17.3. The number of hydrogen-bond donors (Lipinski definition) is 1. The van der Waals surface area contributed by atoms with E-state index in [2.05, 4.69) is 5.43 Å². The predicted octanol–water partition coefficient (Wildman–Crippen LogP) is 2.97. The van der Waals surface area contributed by atoms with Crippen LogP contribution >= 0.6 is 0 Å². The number of nitrogens with one attached hydrogen (secondary N) is 1. The molecule has 0 bridgehead atoms. The number of amides is 1. The van der Waals surface area contributed by atoms with Gasteiger partial charge in [0.25, 0.3) is 0 Å². The Kier molecular flexibility index (Phi) is 5.07. The molecule has 0 unspecified atom stereocenters. The van der Waals surface area contributed by atoms with Crippen molar-refractivity contribution in [2.24, 2.45) is 0 Å². The molecule has 5 heteroatoms. The molecule has 116 valence electrons. The molecule has 0 aromatic heterocycles. The molecule has 0 atom stereocenters. The Morgan fingerprint density at radius 2 is 1.81 bits per heavy atom. The molecule has 0 spiro atoms. The predicted molar refractivity (Wildman–Crippen MR) is 81.0 cm³/mol. The van der Waals surface area contributed by atoms with Gasteiger partial charge in [-0.1, -0.05) is 18.2 Å².